The lowest BCUT2D eigenvalue weighted by Gasteiger charge is -2.23. The highest BCUT2D eigenvalue weighted by Gasteiger charge is 2.37. The maximum absolute atomic E-state index is 16.1. The van der Waals surface area contributed by atoms with Gasteiger partial charge in [0.2, 0.25) is 0 Å². The molecule has 0 amide bonds. The van der Waals surface area contributed by atoms with Crippen molar-refractivity contribution in [2.45, 2.75) is 61.8 Å². The molecule has 3 N–H and O–H groups in total. The number of hydrogen-bond acceptors (Lipinski definition) is 12. The van der Waals surface area contributed by atoms with Crippen molar-refractivity contribution in [1.29, 1.82) is 0 Å². The van der Waals surface area contributed by atoms with Crippen LogP contribution in [0.2, 0.25) is 0 Å². The lowest BCUT2D eigenvalue weighted by atomic mass is 9.93. The van der Waals surface area contributed by atoms with Crippen molar-refractivity contribution in [2.75, 3.05) is 7.11 Å². The highest BCUT2D eigenvalue weighted by atomic mass is 79.9. The van der Waals surface area contributed by atoms with Crippen molar-refractivity contribution in [3.8, 4) is 28.7 Å². The molecule has 280 valence electrons. The number of carbonyl (C=O) groups excluding carboxylic acids is 4. The Morgan fingerprint density at radius 3 is 1.75 bits per heavy atom. The van der Waals surface area contributed by atoms with Crippen LogP contribution in [0.25, 0.3) is 0 Å². The minimum atomic E-state index is -1.61. The highest BCUT2D eigenvalue weighted by molar-refractivity contribution is 9.10. The van der Waals surface area contributed by atoms with Crippen LogP contribution < -0.4 is 19.3 Å². The first-order chi connectivity index (χ1) is 24.7. The second-order valence-corrected chi connectivity index (χ2v) is 13.1. The summed E-state index contributed by atoms with van der Waals surface area (Å²) in [5.74, 6) is -11.8. The molecule has 0 aromatic heterocycles. The molecule has 0 radical (unpaired) electrons. The van der Waals surface area contributed by atoms with E-state index in [1.807, 2.05) is 0 Å². The van der Waals surface area contributed by atoms with Crippen molar-refractivity contribution < 1.29 is 67.7 Å². The molecule has 1 atom stereocenters. The Morgan fingerprint density at radius 2 is 1.25 bits per heavy atom. The quantitative estimate of drug-likeness (QED) is 0.134. The summed E-state index contributed by atoms with van der Waals surface area (Å²) < 4.78 is 37.3. The molecule has 3 aromatic rings. The van der Waals surface area contributed by atoms with Gasteiger partial charge in [0.05, 0.1) is 12.7 Å². The Balaban J connectivity index is 1.71. The number of rotatable bonds is 9. The number of aromatic hydroxyl groups is 2. The second kappa shape index (κ2) is 15.1. The molecule has 1 aliphatic rings. The average molecular weight is 799 g/mol. The van der Waals surface area contributed by atoms with E-state index < -0.39 is 81.1 Å². The third-order valence-corrected chi connectivity index (χ3v) is 10.1. The van der Waals surface area contributed by atoms with Gasteiger partial charge in [-0.15, -0.1) is 5.76 Å². The zero-order valence-electron chi connectivity index (χ0n) is 30.1. The molecule has 0 heterocycles. The molecule has 1 unspecified atom stereocenters. The molecule has 3 aromatic carbocycles. The number of phenolic OH excluding ortho intramolecular Hbond substituents is 2. The molecular weight excluding hydrogens is 763 g/mol. The highest BCUT2D eigenvalue weighted by Crippen LogP contribution is 2.45. The van der Waals surface area contributed by atoms with Crippen molar-refractivity contribution in [1.82, 2.24) is 0 Å². The molecule has 4 rings (SSSR count). The minimum Gasteiger partial charge on any atom is -0.872 e. The number of carbonyl (C=O) groups is 5. The van der Waals surface area contributed by atoms with E-state index in [1.54, 1.807) is 27.7 Å². The van der Waals surface area contributed by atoms with Crippen molar-refractivity contribution in [2.24, 2.45) is 5.92 Å². The summed E-state index contributed by atoms with van der Waals surface area (Å²) in [5, 5.41) is 43.8. The van der Waals surface area contributed by atoms with E-state index in [4.69, 9.17) is 18.9 Å². The van der Waals surface area contributed by atoms with Crippen molar-refractivity contribution in [3.63, 3.8) is 0 Å². The van der Waals surface area contributed by atoms with Crippen LogP contribution in [0.15, 0.2) is 28.1 Å². The number of halogens is 2. The fraction of sp³-hybridized carbons (Fsp3) is 0.289. The van der Waals surface area contributed by atoms with Crippen LogP contribution in [0.5, 0.6) is 28.7 Å². The predicted octanol–water partition coefficient (Wildman–Crippen LogP) is 5.74. The lowest BCUT2D eigenvalue weighted by molar-refractivity contribution is -0.295. The summed E-state index contributed by atoms with van der Waals surface area (Å²) in [6.07, 6.45) is 1.53. The largest absolute Gasteiger partial charge is 0.872 e. The Labute approximate surface area is 311 Å². The standard InChI is InChI=1S/C38H36BrFO13/c1-10-21-30(43)26(37(48)51-32-16(5)13(2)24(35(45)46)14(3)17(32)6)19(8)29(40)34(21)53-36(47)25-15(4)18(7)33(28(39)31(25)44)52-38(49)27-22(42)11-20(41)12-23(27)50-9/h11-12,27,41,43-44H,10H2,1-9H3,(H,45,46)/p-1. The third kappa shape index (κ3) is 6.95. The molecule has 0 spiro atoms. The van der Waals surface area contributed by atoms with Crippen LogP contribution in [0.1, 0.15) is 82.5 Å². The number of aromatic carboxylic acids is 1. The molecule has 0 fully saturated rings. The summed E-state index contributed by atoms with van der Waals surface area (Å²) in [6, 6.07) is 0. The fourth-order valence-corrected chi connectivity index (χ4v) is 6.63. The van der Waals surface area contributed by atoms with Gasteiger partial charge < -0.3 is 39.4 Å². The number of ether oxygens (including phenoxy) is 4. The number of ketones is 1. The van der Waals surface area contributed by atoms with E-state index in [2.05, 4.69) is 15.9 Å². The van der Waals surface area contributed by atoms with Gasteiger partial charge in [0, 0.05) is 11.1 Å². The van der Waals surface area contributed by atoms with Crippen molar-refractivity contribution in [3.05, 3.63) is 95.2 Å². The number of phenols is 2. The normalized spacial score (nSPS) is 13.9. The molecule has 0 bridgehead atoms. The van der Waals surface area contributed by atoms with Crippen LogP contribution in [0.4, 0.5) is 4.39 Å². The number of benzene rings is 3. The van der Waals surface area contributed by atoms with Crippen LogP contribution in [-0.2, 0) is 20.7 Å². The summed E-state index contributed by atoms with van der Waals surface area (Å²) in [4.78, 5) is 64.5. The zero-order chi connectivity index (χ0) is 40.0. The molecule has 0 aliphatic heterocycles. The topological polar surface area (TPSA) is 206 Å². The number of allylic oxidation sites excluding steroid dienone is 2. The smallest absolute Gasteiger partial charge is 0.347 e. The minimum absolute atomic E-state index is 0.0301. The van der Waals surface area contributed by atoms with Crippen LogP contribution in [0, 0.1) is 60.2 Å². The van der Waals surface area contributed by atoms with E-state index in [0.29, 0.717) is 28.3 Å². The number of carboxylic acids is 1. The van der Waals surface area contributed by atoms with E-state index in [-0.39, 0.29) is 50.4 Å². The first-order valence-corrected chi connectivity index (χ1v) is 16.7. The SMILES string of the molecule is CCc1c(O)c(C(=O)Oc2c(C)c(C)c(C(=O)O)c(C)c2C)c(C)c(F)c1OC(=O)c1c(C)c(C)c(OC(=O)C2C(=O)C=C([O-])C=C2OC)c(Br)c1O. The Bertz CT molecular complexity index is 2160. The predicted molar refractivity (Wildman–Crippen MR) is 187 cm³/mol. The van der Waals surface area contributed by atoms with E-state index in [9.17, 15) is 44.4 Å². The number of carboxylic acid groups (broad SMARTS) is 1. The summed E-state index contributed by atoms with van der Waals surface area (Å²) in [6.45, 7) is 11.7. The maximum Gasteiger partial charge on any atom is 0.347 e. The van der Waals surface area contributed by atoms with Gasteiger partial charge in [-0.05, 0) is 116 Å². The summed E-state index contributed by atoms with van der Waals surface area (Å²) >= 11 is 3.11. The average Bonchev–Trinajstić information content (AvgIpc) is 3.08. The number of hydrogen-bond donors (Lipinski definition) is 3. The Kier molecular flexibility index (Phi) is 11.4. The van der Waals surface area contributed by atoms with Gasteiger partial charge in [0.25, 0.3) is 0 Å². The molecule has 0 saturated carbocycles. The van der Waals surface area contributed by atoms with E-state index in [0.717, 1.165) is 20.1 Å². The zero-order valence-corrected chi connectivity index (χ0v) is 31.7. The molecular formula is C38H35BrFO13-. The van der Waals surface area contributed by atoms with Gasteiger partial charge in [-0.3, -0.25) is 9.59 Å². The first kappa shape index (κ1) is 40.1. The van der Waals surface area contributed by atoms with E-state index in [1.165, 1.54) is 20.8 Å². The maximum atomic E-state index is 16.1. The van der Waals surface area contributed by atoms with Crippen LogP contribution in [-0.4, -0.2) is 52.1 Å². The lowest BCUT2D eigenvalue weighted by Crippen LogP contribution is -2.33. The van der Waals surface area contributed by atoms with Gasteiger partial charge in [-0.2, -0.15) is 0 Å². The number of methoxy groups -OCH3 is 1. The van der Waals surface area contributed by atoms with E-state index >= 15 is 4.39 Å². The molecule has 53 heavy (non-hydrogen) atoms. The van der Waals surface area contributed by atoms with Gasteiger partial charge in [0.1, 0.15) is 38.6 Å². The Morgan fingerprint density at radius 1 is 0.755 bits per heavy atom. The number of esters is 3. The monoisotopic (exact) mass is 797 g/mol. The fourth-order valence-electron chi connectivity index (χ4n) is 6.06. The van der Waals surface area contributed by atoms with Crippen LogP contribution in [0.3, 0.4) is 0 Å². The third-order valence-electron chi connectivity index (χ3n) is 9.36. The Hall–Kier alpha value is -5.70. The van der Waals surface area contributed by atoms with Gasteiger partial charge in [0.15, 0.2) is 29.0 Å². The van der Waals surface area contributed by atoms with Gasteiger partial charge >= 0.3 is 23.9 Å². The van der Waals surface area contributed by atoms with Gasteiger partial charge in [-0.1, -0.05) is 6.92 Å². The molecule has 1 aliphatic carbocycles. The summed E-state index contributed by atoms with van der Waals surface area (Å²) in [5.41, 5.74) is -0.110. The van der Waals surface area contributed by atoms with Gasteiger partial charge in [-0.25, -0.2) is 18.8 Å². The summed E-state index contributed by atoms with van der Waals surface area (Å²) in [7, 11) is 1.16. The van der Waals surface area contributed by atoms with Crippen LogP contribution >= 0.6 is 15.9 Å². The molecule has 15 heteroatoms. The molecule has 0 saturated heterocycles. The molecule has 13 nitrogen and oxygen atoms in total. The van der Waals surface area contributed by atoms with Crippen molar-refractivity contribution >= 4 is 45.6 Å². The second-order valence-electron chi connectivity index (χ2n) is 12.3. The first-order valence-electron chi connectivity index (χ1n) is 15.9.